The van der Waals surface area contributed by atoms with Crippen LogP contribution in [0.4, 0.5) is 5.69 Å². The van der Waals surface area contributed by atoms with Crippen LogP contribution < -0.4 is 10.2 Å². The van der Waals surface area contributed by atoms with Crippen LogP contribution in [0.5, 0.6) is 0 Å². The van der Waals surface area contributed by atoms with Gasteiger partial charge in [0.15, 0.2) is 0 Å². The van der Waals surface area contributed by atoms with Crippen LogP contribution >= 0.6 is 0 Å². The van der Waals surface area contributed by atoms with Gasteiger partial charge in [-0.1, -0.05) is 85.0 Å². The molecule has 0 unspecified atom stereocenters. The van der Waals surface area contributed by atoms with E-state index in [1.165, 1.54) is 4.90 Å². The minimum absolute atomic E-state index is 0.103. The van der Waals surface area contributed by atoms with Crippen molar-refractivity contribution in [3.05, 3.63) is 103 Å². The maximum Gasteiger partial charge on any atom is 0.313 e. The summed E-state index contributed by atoms with van der Waals surface area (Å²) in [5.74, 6) is -3.75. The molecule has 10 nitrogen and oxygen atoms in total. The van der Waals surface area contributed by atoms with Gasteiger partial charge in [0.05, 0.1) is 24.7 Å². The Hall–Kier alpha value is -4.80. The molecule has 0 radical (unpaired) electrons. The summed E-state index contributed by atoms with van der Waals surface area (Å²) < 4.78 is 12.6. The molecule has 0 aromatic heterocycles. The molecule has 10 heteroatoms. The van der Waals surface area contributed by atoms with Gasteiger partial charge in [-0.25, -0.2) is 0 Å². The van der Waals surface area contributed by atoms with Gasteiger partial charge < -0.3 is 29.7 Å². The number of allylic oxidation sites excluding steroid dienone is 1. The van der Waals surface area contributed by atoms with E-state index in [-0.39, 0.29) is 32.0 Å². The van der Waals surface area contributed by atoms with Crippen molar-refractivity contribution in [2.45, 2.75) is 49.7 Å². The first-order chi connectivity index (χ1) is 22.8. The number of carbonyl (C=O) groups excluding carboxylic acids is 4. The van der Waals surface area contributed by atoms with E-state index >= 15 is 0 Å². The molecule has 3 aromatic rings. The first-order valence-electron chi connectivity index (χ1n) is 16.1. The molecule has 4 aliphatic rings. The number of nitrogens with one attached hydrogen (secondary N) is 1. The van der Waals surface area contributed by atoms with Gasteiger partial charge in [0.1, 0.15) is 23.7 Å². The lowest BCUT2D eigenvalue weighted by Gasteiger charge is -2.35. The van der Waals surface area contributed by atoms with E-state index in [4.69, 9.17) is 9.47 Å². The van der Waals surface area contributed by atoms with Gasteiger partial charge in [-0.3, -0.25) is 19.2 Å². The first-order valence-corrected chi connectivity index (χ1v) is 16.1. The summed E-state index contributed by atoms with van der Waals surface area (Å²) in [5.41, 5.74) is -0.108. The fraction of sp³-hybridized carbons (Fsp3) is 0.351. The number of likely N-dealkylation sites (tertiary alicyclic amines) is 1. The van der Waals surface area contributed by atoms with Crippen molar-refractivity contribution in [3.8, 4) is 0 Å². The van der Waals surface area contributed by atoms with Crippen LogP contribution in [-0.2, 0) is 28.7 Å². The molecule has 47 heavy (non-hydrogen) atoms. The number of rotatable bonds is 4. The Kier molecular flexibility index (Phi) is 8.15. The highest BCUT2D eigenvalue weighted by molar-refractivity contribution is 6.06. The third-order valence-electron chi connectivity index (χ3n) is 9.74. The molecule has 242 valence electrons. The van der Waals surface area contributed by atoms with Gasteiger partial charge in [0, 0.05) is 25.2 Å². The summed E-state index contributed by atoms with van der Waals surface area (Å²) in [7, 11) is 0. The van der Waals surface area contributed by atoms with Crippen LogP contribution in [0.15, 0.2) is 97.1 Å². The SMILES string of the molecule is C[C@H]1NC(=O)CC/C=C\CN(c2ccc3ccccc3c2)C(=O)[C@@H]2N(CCO)C(=O)[C@H]3[C@H](C(=O)O[C@@H]1c1ccccc1)[C@@H]1C=C[C@]23O1. The number of benzene rings is 3. The highest BCUT2D eigenvalue weighted by Crippen LogP contribution is 2.56. The number of anilines is 1. The number of hydrogen-bond acceptors (Lipinski definition) is 7. The summed E-state index contributed by atoms with van der Waals surface area (Å²) in [4.78, 5) is 59.1. The molecule has 7 atom stereocenters. The summed E-state index contributed by atoms with van der Waals surface area (Å²) in [6.07, 6.45) is 6.19. The molecule has 5 bridgehead atoms. The Labute approximate surface area is 272 Å². The number of β-amino-alcohol motifs (C(OH)–C–C–N with tert-alkyl or cyclic N) is 1. The smallest absolute Gasteiger partial charge is 0.313 e. The molecule has 2 saturated heterocycles. The summed E-state index contributed by atoms with van der Waals surface area (Å²) >= 11 is 0. The monoisotopic (exact) mass is 635 g/mol. The Morgan fingerprint density at radius 2 is 1.70 bits per heavy atom. The second-order valence-electron chi connectivity index (χ2n) is 12.6. The lowest BCUT2D eigenvalue weighted by atomic mass is 9.74. The number of aliphatic hydroxyl groups is 1. The Morgan fingerprint density at radius 3 is 2.49 bits per heavy atom. The molecule has 3 aromatic carbocycles. The molecule has 2 N–H and O–H groups in total. The van der Waals surface area contributed by atoms with Gasteiger partial charge in [-0.2, -0.15) is 0 Å². The van der Waals surface area contributed by atoms with Crippen molar-refractivity contribution in [1.82, 2.24) is 10.2 Å². The largest absolute Gasteiger partial charge is 0.455 e. The van der Waals surface area contributed by atoms with Crippen LogP contribution in [0.25, 0.3) is 10.8 Å². The number of carbonyl (C=O) groups is 4. The van der Waals surface area contributed by atoms with E-state index in [0.717, 1.165) is 10.8 Å². The number of esters is 1. The van der Waals surface area contributed by atoms with Gasteiger partial charge in [-0.05, 0) is 41.8 Å². The molecule has 0 aliphatic carbocycles. The zero-order chi connectivity index (χ0) is 32.7. The lowest BCUT2D eigenvalue weighted by Crippen LogP contribution is -2.56. The highest BCUT2D eigenvalue weighted by Gasteiger charge is 2.73. The minimum Gasteiger partial charge on any atom is -0.455 e. The number of aliphatic hydroxyl groups excluding tert-OH is 1. The van der Waals surface area contributed by atoms with Gasteiger partial charge >= 0.3 is 5.97 Å². The zero-order valence-corrected chi connectivity index (χ0v) is 26.0. The lowest BCUT2D eigenvalue weighted by molar-refractivity contribution is -0.161. The fourth-order valence-corrected chi connectivity index (χ4v) is 7.60. The molecule has 7 rings (SSSR count). The summed E-state index contributed by atoms with van der Waals surface area (Å²) in [6.45, 7) is 1.48. The second-order valence-corrected chi connectivity index (χ2v) is 12.6. The standard InChI is InChI=1S/C37H37N3O7/c1-23-32(25-11-4-2-5-12-25)46-36(45)30-28-17-18-37(47-28)31(30)34(43)40(20-21-41)33(37)35(44)39(19-9-3-6-14-29(42)38-23)27-16-15-24-10-7-8-13-26(24)22-27/h2-5,7-13,15-18,22-23,28,30-33,41H,6,14,19-21H2,1H3,(H,38,42)/b9-3-/t23-,28+,30-,31-,32+,33+,37-/m1/s1. The summed E-state index contributed by atoms with van der Waals surface area (Å²) in [6, 6.07) is 21.0. The topological polar surface area (TPSA) is 125 Å². The van der Waals surface area contributed by atoms with E-state index in [0.29, 0.717) is 17.7 Å². The van der Waals surface area contributed by atoms with Crippen LogP contribution in [0, 0.1) is 11.8 Å². The maximum atomic E-state index is 14.8. The number of hydrogen-bond donors (Lipinski definition) is 2. The van der Waals surface area contributed by atoms with Crippen molar-refractivity contribution >= 4 is 40.2 Å². The number of cyclic esters (lactones) is 1. The van der Waals surface area contributed by atoms with E-state index in [1.54, 1.807) is 24.0 Å². The second kappa shape index (κ2) is 12.4. The molecule has 4 heterocycles. The molecular weight excluding hydrogens is 598 g/mol. The van der Waals surface area contributed by atoms with Crippen LogP contribution in [-0.4, -0.2) is 77.2 Å². The molecule has 1 spiro atoms. The van der Waals surface area contributed by atoms with E-state index in [1.807, 2.05) is 84.9 Å². The number of fused-ring (bicyclic) bond motifs is 3. The van der Waals surface area contributed by atoms with Crippen molar-refractivity contribution in [2.24, 2.45) is 11.8 Å². The molecule has 3 amide bonds. The van der Waals surface area contributed by atoms with Crippen molar-refractivity contribution in [3.63, 3.8) is 0 Å². The number of nitrogens with zero attached hydrogens (tertiary/aromatic N) is 2. The predicted octanol–water partition coefficient (Wildman–Crippen LogP) is 3.45. The minimum atomic E-state index is -1.42. The Bertz CT molecular complexity index is 1770. The highest BCUT2D eigenvalue weighted by atomic mass is 16.6. The third kappa shape index (κ3) is 5.31. The fourth-order valence-electron chi connectivity index (χ4n) is 7.60. The van der Waals surface area contributed by atoms with E-state index in [9.17, 15) is 24.3 Å². The van der Waals surface area contributed by atoms with Crippen LogP contribution in [0.3, 0.4) is 0 Å². The van der Waals surface area contributed by atoms with Crippen molar-refractivity contribution < 1.29 is 33.8 Å². The third-order valence-corrected chi connectivity index (χ3v) is 9.74. The first kappa shape index (κ1) is 30.8. The quantitative estimate of drug-likeness (QED) is 0.332. The van der Waals surface area contributed by atoms with Gasteiger partial charge in [0.2, 0.25) is 11.8 Å². The van der Waals surface area contributed by atoms with Crippen molar-refractivity contribution in [1.29, 1.82) is 0 Å². The molecular formula is C37H37N3O7. The van der Waals surface area contributed by atoms with Crippen LogP contribution in [0.1, 0.15) is 31.4 Å². The average Bonchev–Trinajstić information content (AvgIpc) is 3.72. The van der Waals surface area contributed by atoms with Gasteiger partial charge in [-0.15, -0.1) is 0 Å². The predicted molar refractivity (Wildman–Crippen MR) is 174 cm³/mol. The molecule has 4 aliphatic heterocycles. The average molecular weight is 636 g/mol. The van der Waals surface area contributed by atoms with Crippen molar-refractivity contribution in [2.75, 3.05) is 24.6 Å². The zero-order valence-electron chi connectivity index (χ0n) is 26.0. The number of amides is 3. The number of ether oxygens (including phenoxy) is 2. The molecule has 0 saturated carbocycles. The normalized spacial score (nSPS) is 31.6. The van der Waals surface area contributed by atoms with Gasteiger partial charge in [0.25, 0.3) is 5.91 Å². The Balaban J connectivity index is 1.32. The van der Waals surface area contributed by atoms with E-state index < -0.39 is 59.5 Å². The Morgan fingerprint density at radius 1 is 0.936 bits per heavy atom. The van der Waals surface area contributed by atoms with E-state index in [2.05, 4.69) is 5.32 Å². The summed E-state index contributed by atoms with van der Waals surface area (Å²) in [5, 5.41) is 15.0. The maximum absolute atomic E-state index is 14.8. The molecule has 2 fully saturated rings. The van der Waals surface area contributed by atoms with Crippen LogP contribution in [0.2, 0.25) is 0 Å².